The maximum atomic E-state index is 12.3. The van der Waals surface area contributed by atoms with Gasteiger partial charge in [0.05, 0.1) is 31.2 Å². The molecule has 146 valence electrons. The van der Waals surface area contributed by atoms with Gasteiger partial charge in [0, 0.05) is 18.3 Å². The van der Waals surface area contributed by atoms with Crippen molar-refractivity contribution in [2.45, 2.75) is 79.7 Å². The average Bonchev–Trinajstić information content (AvgIpc) is 2.77. The van der Waals surface area contributed by atoms with Crippen LogP contribution in [0.1, 0.15) is 54.0 Å². The molecule has 0 saturated heterocycles. The molecule has 1 aromatic heterocycles. The first-order valence-electron chi connectivity index (χ1n) is 8.73. The molecule has 2 atom stereocenters. The molecule has 0 spiro atoms. The summed E-state index contributed by atoms with van der Waals surface area (Å²) >= 11 is 0. The van der Waals surface area contributed by atoms with E-state index in [1.54, 1.807) is 6.20 Å². The molecule has 1 aromatic rings. The minimum absolute atomic E-state index is 0.0180. The minimum atomic E-state index is -3.35. The van der Waals surface area contributed by atoms with Crippen molar-refractivity contribution in [1.29, 1.82) is 0 Å². The Labute approximate surface area is 153 Å². The lowest BCUT2D eigenvalue weighted by Crippen LogP contribution is -2.50. The average molecular weight is 374 g/mol. The third-order valence-corrected chi connectivity index (χ3v) is 5.78. The van der Waals surface area contributed by atoms with E-state index in [9.17, 15) is 8.42 Å². The summed E-state index contributed by atoms with van der Waals surface area (Å²) in [4.78, 5) is 0. The molecular formula is C18H35N3O3S. The van der Waals surface area contributed by atoms with Crippen LogP contribution in [0.2, 0.25) is 0 Å². The number of nitrogens with zero attached hydrogens (tertiary/aromatic N) is 3. The van der Waals surface area contributed by atoms with E-state index in [1.807, 2.05) is 45.5 Å². The van der Waals surface area contributed by atoms with Crippen LogP contribution in [0.15, 0.2) is 12.4 Å². The lowest BCUT2D eigenvalue weighted by Gasteiger charge is -2.38. The second kappa shape index (κ2) is 7.76. The van der Waals surface area contributed by atoms with Gasteiger partial charge in [-0.3, -0.25) is 4.68 Å². The first-order valence-corrected chi connectivity index (χ1v) is 10.6. The number of aromatic nitrogens is 2. The van der Waals surface area contributed by atoms with E-state index in [0.717, 1.165) is 5.56 Å². The molecule has 0 amide bonds. The number of rotatable bonds is 7. The third-order valence-electron chi connectivity index (χ3n) is 4.29. The zero-order valence-corrected chi connectivity index (χ0v) is 18.0. The van der Waals surface area contributed by atoms with Crippen LogP contribution in [0, 0.1) is 12.3 Å². The summed E-state index contributed by atoms with van der Waals surface area (Å²) in [7, 11) is -3.35. The Morgan fingerprint density at radius 2 is 1.80 bits per heavy atom. The second-order valence-corrected chi connectivity index (χ2v) is 10.9. The van der Waals surface area contributed by atoms with Crippen molar-refractivity contribution in [3.8, 4) is 0 Å². The fourth-order valence-electron chi connectivity index (χ4n) is 2.50. The Morgan fingerprint density at radius 3 is 2.16 bits per heavy atom. The van der Waals surface area contributed by atoms with Crippen LogP contribution in [-0.4, -0.2) is 53.1 Å². The molecule has 0 aliphatic carbocycles. The van der Waals surface area contributed by atoms with E-state index < -0.39 is 15.6 Å². The van der Waals surface area contributed by atoms with Crippen molar-refractivity contribution in [3.63, 3.8) is 0 Å². The Hall–Kier alpha value is -0.920. The number of aryl methyl sites for hydroxylation is 1. The highest BCUT2D eigenvalue weighted by atomic mass is 32.2. The first-order chi connectivity index (χ1) is 11.1. The molecular weight excluding hydrogens is 338 g/mol. The molecule has 0 bridgehead atoms. The van der Waals surface area contributed by atoms with Gasteiger partial charge in [0.25, 0.3) is 0 Å². The number of sulfonamides is 1. The number of ether oxygens (including phenoxy) is 1. The highest BCUT2D eigenvalue weighted by Gasteiger charge is 2.34. The monoisotopic (exact) mass is 373 g/mol. The van der Waals surface area contributed by atoms with E-state index in [1.165, 1.54) is 10.6 Å². The summed E-state index contributed by atoms with van der Waals surface area (Å²) < 4.78 is 34.2. The number of hydrogen-bond donors (Lipinski definition) is 0. The van der Waals surface area contributed by atoms with E-state index in [-0.39, 0.29) is 17.6 Å². The smallest absolute Gasteiger partial charge is 0.211 e. The van der Waals surface area contributed by atoms with Crippen LogP contribution in [0.3, 0.4) is 0 Å². The van der Waals surface area contributed by atoms with E-state index in [0.29, 0.717) is 13.1 Å². The molecule has 1 rings (SSSR count). The van der Waals surface area contributed by atoms with E-state index in [2.05, 4.69) is 25.9 Å². The lowest BCUT2D eigenvalue weighted by molar-refractivity contribution is -0.0721. The summed E-state index contributed by atoms with van der Waals surface area (Å²) in [6.45, 7) is 16.9. The molecule has 0 aromatic carbocycles. The molecule has 0 saturated carbocycles. The number of hydrogen-bond acceptors (Lipinski definition) is 4. The predicted molar refractivity (Wildman–Crippen MR) is 102 cm³/mol. The fourth-order valence-corrected chi connectivity index (χ4v) is 3.94. The second-order valence-electron chi connectivity index (χ2n) is 8.97. The summed E-state index contributed by atoms with van der Waals surface area (Å²) in [6, 6.07) is 0. The summed E-state index contributed by atoms with van der Waals surface area (Å²) in [5, 5.41) is 4.33. The van der Waals surface area contributed by atoms with Crippen molar-refractivity contribution >= 4 is 10.0 Å². The van der Waals surface area contributed by atoms with Crippen molar-refractivity contribution in [1.82, 2.24) is 14.1 Å². The zero-order valence-electron chi connectivity index (χ0n) is 17.2. The lowest BCUT2D eigenvalue weighted by atomic mass is 9.90. The van der Waals surface area contributed by atoms with Gasteiger partial charge in [-0.25, -0.2) is 8.42 Å². The maximum absolute atomic E-state index is 12.3. The highest BCUT2D eigenvalue weighted by molar-refractivity contribution is 7.88. The normalized spacial score (nSPS) is 16.2. The Balaban J connectivity index is 3.07. The van der Waals surface area contributed by atoms with Crippen LogP contribution in [-0.2, 0) is 21.3 Å². The van der Waals surface area contributed by atoms with Crippen LogP contribution in [0.5, 0.6) is 0 Å². The molecule has 6 nitrogen and oxygen atoms in total. The molecule has 0 radical (unpaired) electrons. The highest BCUT2D eigenvalue weighted by Crippen LogP contribution is 2.25. The fraction of sp³-hybridized carbons (Fsp3) is 0.833. The Morgan fingerprint density at radius 1 is 1.24 bits per heavy atom. The quantitative estimate of drug-likeness (QED) is 0.737. The van der Waals surface area contributed by atoms with Crippen LogP contribution in [0.4, 0.5) is 0 Å². The first kappa shape index (κ1) is 22.1. The van der Waals surface area contributed by atoms with Crippen LogP contribution in [0.25, 0.3) is 0 Å². The van der Waals surface area contributed by atoms with Gasteiger partial charge in [-0.1, -0.05) is 20.8 Å². The topological polar surface area (TPSA) is 64.4 Å². The van der Waals surface area contributed by atoms with Crippen LogP contribution < -0.4 is 0 Å². The summed E-state index contributed by atoms with van der Waals surface area (Å²) in [5.74, 6) is 0. The SMILES string of the molecule is Cc1cnn(CC(CN(C(C)(C)C)S(C)(=O)=O)OC(C)C(C)(C)C)c1. The molecule has 0 N–H and O–H groups in total. The van der Waals surface area contributed by atoms with Gasteiger partial charge in [0.1, 0.15) is 0 Å². The standard InChI is InChI=1S/C18H35N3O3S/c1-14-10-19-20(11-14)12-16(24-15(2)17(3,4)5)13-21(18(6,7)8)25(9,22)23/h10-11,15-16H,12-13H2,1-9H3. The Kier molecular flexibility index (Phi) is 6.87. The maximum Gasteiger partial charge on any atom is 0.211 e. The molecule has 0 aliphatic rings. The van der Waals surface area contributed by atoms with Gasteiger partial charge < -0.3 is 4.74 Å². The molecule has 2 unspecified atom stereocenters. The molecule has 25 heavy (non-hydrogen) atoms. The van der Waals surface area contributed by atoms with Crippen molar-refractivity contribution < 1.29 is 13.2 Å². The largest absolute Gasteiger partial charge is 0.371 e. The van der Waals surface area contributed by atoms with Crippen molar-refractivity contribution in [2.75, 3.05) is 12.8 Å². The predicted octanol–water partition coefficient (Wildman–Crippen LogP) is 3.07. The van der Waals surface area contributed by atoms with Crippen molar-refractivity contribution in [2.24, 2.45) is 5.41 Å². The van der Waals surface area contributed by atoms with Gasteiger partial charge >= 0.3 is 0 Å². The van der Waals surface area contributed by atoms with Gasteiger partial charge in [-0.2, -0.15) is 9.40 Å². The van der Waals surface area contributed by atoms with Crippen LogP contribution >= 0.6 is 0 Å². The third kappa shape index (κ3) is 7.07. The van der Waals surface area contributed by atoms with Gasteiger partial charge in [0.15, 0.2) is 0 Å². The molecule has 0 fully saturated rings. The van der Waals surface area contributed by atoms with Gasteiger partial charge in [-0.15, -0.1) is 0 Å². The van der Waals surface area contributed by atoms with Crippen molar-refractivity contribution in [3.05, 3.63) is 18.0 Å². The molecule has 7 heteroatoms. The Bertz CT molecular complexity index is 654. The van der Waals surface area contributed by atoms with E-state index in [4.69, 9.17) is 4.74 Å². The summed E-state index contributed by atoms with van der Waals surface area (Å²) in [5.41, 5.74) is 0.522. The molecule has 1 heterocycles. The minimum Gasteiger partial charge on any atom is -0.371 e. The van der Waals surface area contributed by atoms with E-state index >= 15 is 0 Å². The zero-order chi connectivity index (χ0) is 19.6. The van der Waals surface area contributed by atoms with Gasteiger partial charge in [-0.05, 0) is 45.6 Å². The van der Waals surface area contributed by atoms with Gasteiger partial charge in [0.2, 0.25) is 10.0 Å². The summed E-state index contributed by atoms with van der Waals surface area (Å²) in [6.07, 6.45) is 4.68. The molecule has 0 aliphatic heterocycles.